The highest BCUT2D eigenvalue weighted by Gasteiger charge is 2.57. The molecule has 3 aromatic rings. The first kappa shape index (κ1) is 37.1. The van der Waals surface area contributed by atoms with Crippen molar-refractivity contribution in [3.63, 3.8) is 0 Å². The number of ether oxygens (including phenoxy) is 2. The molecule has 2 N–H and O–H groups in total. The highest BCUT2D eigenvalue weighted by atomic mass is 16.5. The Morgan fingerprint density at radius 1 is 0.964 bits per heavy atom. The number of piperidine rings is 3. The number of aryl methyl sites for hydroxylation is 1. The van der Waals surface area contributed by atoms with E-state index in [1.807, 2.05) is 38.4 Å². The van der Waals surface area contributed by atoms with Crippen molar-refractivity contribution in [3.05, 3.63) is 63.7 Å². The molecule has 5 unspecified atom stereocenters. The van der Waals surface area contributed by atoms with Gasteiger partial charge in [0.15, 0.2) is 0 Å². The molecule has 3 amide bonds. The fourth-order valence-corrected chi connectivity index (χ4v) is 10.6. The van der Waals surface area contributed by atoms with Gasteiger partial charge in [0.1, 0.15) is 23.4 Å². The second-order valence-corrected chi connectivity index (χ2v) is 16.7. The zero-order chi connectivity index (χ0) is 38.5. The minimum Gasteiger partial charge on any atom is -0.496 e. The lowest BCUT2D eigenvalue weighted by molar-refractivity contribution is -0.140. The molecule has 2 aromatic heterocycles. The molecule has 0 radical (unpaired) electrons. The summed E-state index contributed by atoms with van der Waals surface area (Å²) in [5.41, 5.74) is 5.84. The predicted molar refractivity (Wildman–Crippen MR) is 210 cm³/mol. The van der Waals surface area contributed by atoms with Gasteiger partial charge in [-0.15, -0.1) is 0 Å². The van der Waals surface area contributed by atoms with E-state index in [0.29, 0.717) is 66.5 Å². The predicted octanol–water partition coefficient (Wildman–Crippen LogP) is 4.88. The van der Waals surface area contributed by atoms with Crippen LogP contribution in [0.1, 0.15) is 61.6 Å². The van der Waals surface area contributed by atoms with E-state index >= 15 is 0 Å². The molecule has 292 valence electrons. The van der Waals surface area contributed by atoms with Gasteiger partial charge in [0, 0.05) is 69.0 Å². The zero-order valence-corrected chi connectivity index (χ0v) is 32.7. The number of likely N-dealkylation sites (tertiary alicyclic amines) is 1. The van der Waals surface area contributed by atoms with E-state index < -0.39 is 6.04 Å². The molecular formula is C43H54N6O6. The van der Waals surface area contributed by atoms with Crippen LogP contribution in [0.5, 0.6) is 11.5 Å². The number of nitrogens with zero attached hydrogens (tertiary/aromatic N) is 4. The first-order valence-corrected chi connectivity index (χ1v) is 20.0. The summed E-state index contributed by atoms with van der Waals surface area (Å²) in [6.45, 7) is 7.41. The van der Waals surface area contributed by atoms with Gasteiger partial charge in [-0.25, -0.2) is 4.98 Å². The third kappa shape index (κ3) is 7.08. The summed E-state index contributed by atoms with van der Waals surface area (Å²) in [6.07, 6.45) is 10.3. The summed E-state index contributed by atoms with van der Waals surface area (Å²) in [4.78, 5) is 59.0. The summed E-state index contributed by atoms with van der Waals surface area (Å²) in [5.74, 6) is 5.46. The number of hydrogen-bond donors (Lipinski definition) is 2. The summed E-state index contributed by atoms with van der Waals surface area (Å²) in [5, 5.41) is 5.52. The van der Waals surface area contributed by atoms with E-state index in [0.717, 1.165) is 96.9 Å². The van der Waals surface area contributed by atoms with Gasteiger partial charge < -0.3 is 29.2 Å². The van der Waals surface area contributed by atoms with Crippen molar-refractivity contribution < 1.29 is 23.9 Å². The number of amides is 3. The Bertz CT molecular complexity index is 2010. The standard InChI is InChI=1S/C43H54N6O6/c1-24-25(2)43(53)47(3)23-34(24)28-18-36(54-4)33(37(19-28)55-5)16-27-15-29-21-49(22-30-17-32(27)41(29)30)40(51)14-26-10-12-48(13-11-26)31-6-8-38(44-20-31)45-35-7-9-39(50)46-42(35)52/h6,8,18-20,23,26-27,29-30,32,35,41H,7,9-17,21-22H2,1-5H3,(H,44,45)(H,46,50,52)/t27?,29?,30?,32-,35?,41?/m1/s1. The van der Waals surface area contributed by atoms with Crippen molar-refractivity contribution in [1.82, 2.24) is 19.8 Å². The van der Waals surface area contributed by atoms with Crippen LogP contribution in [-0.4, -0.2) is 78.6 Å². The summed E-state index contributed by atoms with van der Waals surface area (Å²) in [7, 11) is 5.24. The molecule has 5 heterocycles. The van der Waals surface area contributed by atoms with E-state index in [2.05, 4.69) is 37.6 Å². The van der Waals surface area contributed by atoms with Crippen molar-refractivity contribution in [1.29, 1.82) is 0 Å². The molecule has 5 fully saturated rings. The van der Waals surface area contributed by atoms with Gasteiger partial charge in [-0.05, 0) is 123 Å². The van der Waals surface area contributed by atoms with E-state index in [1.54, 1.807) is 25.8 Å². The number of benzene rings is 1. The van der Waals surface area contributed by atoms with Gasteiger partial charge in [-0.3, -0.25) is 24.5 Å². The second kappa shape index (κ2) is 15.0. The van der Waals surface area contributed by atoms with Crippen molar-refractivity contribution in [3.8, 4) is 22.6 Å². The number of anilines is 2. The number of pyridine rings is 2. The van der Waals surface area contributed by atoms with Gasteiger partial charge in [-0.2, -0.15) is 0 Å². The largest absolute Gasteiger partial charge is 0.496 e. The first-order valence-electron chi connectivity index (χ1n) is 20.0. The lowest BCUT2D eigenvalue weighted by Crippen LogP contribution is -2.54. The Kier molecular flexibility index (Phi) is 10.1. The number of hydrogen-bond acceptors (Lipinski definition) is 9. The van der Waals surface area contributed by atoms with Crippen LogP contribution in [0.15, 0.2) is 41.5 Å². The number of carbonyl (C=O) groups is 3. The van der Waals surface area contributed by atoms with Gasteiger partial charge in [0.25, 0.3) is 5.56 Å². The topological polar surface area (TPSA) is 135 Å². The normalized spacial score (nSPS) is 26.3. The van der Waals surface area contributed by atoms with Crippen LogP contribution in [0, 0.1) is 49.4 Å². The molecule has 12 heteroatoms. The Labute approximate surface area is 323 Å². The quantitative estimate of drug-likeness (QED) is 0.278. The second-order valence-electron chi connectivity index (χ2n) is 16.7. The van der Waals surface area contributed by atoms with Gasteiger partial charge in [-0.1, -0.05) is 0 Å². The molecule has 0 bridgehead atoms. The number of aromatic nitrogens is 2. The lowest BCUT2D eigenvalue weighted by Gasteiger charge is -2.51. The summed E-state index contributed by atoms with van der Waals surface area (Å²) < 4.78 is 13.7. The molecule has 6 atom stereocenters. The maximum Gasteiger partial charge on any atom is 0.253 e. The van der Waals surface area contributed by atoms with E-state index in [9.17, 15) is 19.2 Å². The van der Waals surface area contributed by atoms with Gasteiger partial charge in [0.2, 0.25) is 17.7 Å². The van der Waals surface area contributed by atoms with E-state index in [1.165, 1.54) is 6.42 Å². The minimum atomic E-state index is -0.456. The van der Waals surface area contributed by atoms with Crippen molar-refractivity contribution >= 4 is 29.2 Å². The maximum atomic E-state index is 13.8. The van der Waals surface area contributed by atoms with Gasteiger partial charge in [0.05, 0.1) is 26.1 Å². The van der Waals surface area contributed by atoms with Crippen LogP contribution in [0.4, 0.5) is 11.5 Å². The number of rotatable bonds is 10. The van der Waals surface area contributed by atoms with E-state index in [-0.39, 0.29) is 17.4 Å². The monoisotopic (exact) mass is 750 g/mol. The molecule has 12 nitrogen and oxygen atoms in total. The molecular weight excluding hydrogens is 697 g/mol. The minimum absolute atomic E-state index is 0.0148. The van der Waals surface area contributed by atoms with Crippen molar-refractivity contribution in [2.24, 2.45) is 42.6 Å². The van der Waals surface area contributed by atoms with Crippen LogP contribution in [0.3, 0.4) is 0 Å². The fraction of sp³-hybridized carbons (Fsp3) is 0.558. The van der Waals surface area contributed by atoms with Crippen LogP contribution < -0.4 is 30.6 Å². The van der Waals surface area contributed by atoms with Crippen LogP contribution in [0.25, 0.3) is 11.1 Å². The Morgan fingerprint density at radius 2 is 1.67 bits per heavy atom. The number of methoxy groups -OCH3 is 2. The number of nitrogens with one attached hydrogen (secondary N) is 2. The van der Waals surface area contributed by atoms with E-state index in [4.69, 9.17) is 9.47 Å². The molecule has 1 aromatic carbocycles. The highest BCUT2D eigenvalue weighted by molar-refractivity contribution is 6.01. The van der Waals surface area contributed by atoms with Crippen LogP contribution in [-0.2, 0) is 27.9 Å². The highest BCUT2D eigenvalue weighted by Crippen LogP contribution is 2.60. The third-order valence-corrected chi connectivity index (χ3v) is 13.7. The number of carbonyl (C=O) groups excluding carboxylic acids is 3. The Hall–Kier alpha value is -4.87. The average Bonchev–Trinajstić information content (AvgIpc) is 3.50. The SMILES string of the molecule is COc1cc(-c2cn(C)c(=O)c(C)c2C)cc(OC)c1CC1CC2CN(C(=O)CC3CCN(c4ccc(NC5CCC(=O)NC5=O)nc4)CC3)CC3C[C@H]1C23. The smallest absolute Gasteiger partial charge is 0.253 e. The molecule has 3 aliphatic heterocycles. The fourth-order valence-electron chi connectivity index (χ4n) is 10.6. The maximum absolute atomic E-state index is 13.8. The first-order chi connectivity index (χ1) is 26.5. The zero-order valence-electron chi connectivity index (χ0n) is 32.7. The average molecular weight is 751 g/mol. The molecule has 0 spiro atoms. The molecule has 55 heavy (non-hydrogen) atoms. The summed E-state index contributed by atoms with van der Waals surface area (Å²) >= 11 is 0. The molecule has 2 aliphatic carbocycles. The molecule has 8 rings (SSSR count). The Balaban J connectivity index is 0.853. The molecule has 5 aliphatic rings. The Morgan fingerprint density at radius 3 is 2.33 bits per heavy atom. The lowest BCUT2D eigenvalue weighted by atomic mass is 9.60. The van der Waals surface area contributed by atoms with Gasteiger partial charge >= 0.3 is 0 Å². The molecule has 2 saturated carbocycles. The van der Waals surface area contributed by atoms with Crippen molar-refractivity contribution in [2.75, 3.05) is 50.6 Å². The number of imide groups is 1. The summed E-state index contributed by atoms with van der Waals surface area (Å²) in [6, 6.07) is 7.64. The van der Waals surface area contributed by atoms with Crippen LogP contribution >= 0.6 is 0 Å². The molecule has 3 saturated heterocycles. The van der Waals surface area contributed by atoms with Crippen molar-refractivity contribution in [2.45, 2.75) is 71.3 Å². The third-order valence-electron chi connectivity index (χ3n) is 13.7. The van der Waals surface area contributed by atoms with Crippen LogP contribution in [0.2, 0.25) is 0 Å².